The lowest BCUT2D eigenvalue weighted by molar-refractivity contribution is 0.124. The predicted octanol–water partition coefficient (Wildman–Crippen LogP) is 2.85. The highest BCUT2D eigenvalue weighted by Crippen LogP contribution is 2.40. The summed E-state index contributed by atoms with van der Waals surface area (Å²) in [5.41, 5.74) is 15.0. The zero-order valence-electron chi connectivity index (χ0n) is 10.4. The number of ether oxygens (including phenoxy) is 1. The predicted molar refractivity (Wildman–Crippen MR) is 65.8 cm³/mol. The van der Waals surface area contributed by atoms with Crippen molar-refractivity contribution in [3.05, 3.63) is 39.5 Å². The maximum Gasteiger partial charge on any atom is 0.128 e. The molecule has 1 heterocycles. The van der Waals surface area contributed by atoms with Crippen LogP contribution in [-0.4, -0.2) is 12.1 Å². The van der Waals surface area contributed by atoms with Crippen LogP contribution in [0.2, 0.25) is 0 Å². The molecule has 1 aromatic rings. The van der Waals surface area contributed by atoms with Gasteiger partial charge in [0.25, 0.3) is 0 Å². The molecule has 0 bridgehead atoms. The lowest BCUT2D eigenvalue weighted by Gasteiger charge is -2.22. The topological polar surface area (TPSA) is 84.0 Å². The van der Waals surface area contributed by atoms with Crippen LogP contribution in [-0.2, 0) is 6.42 Å². The minimum atomic E-state index is -0.619. The van der Waals surface area contributed by atoms with Crippen LogP contribution in [0.15, 0.2) is 17.2 Å². The molecule has 0 spiro atoms. The zero-order chi connectivity index (χ0) is 13.3. The number of fused-ring (bicyclic) bond motifs is 1. The molecule has 6 heteroatoms. The van der Waals surface area contributed by atoms with Gasteiger partial charge in [-0.15, -0.1) is 0 Å². The van der Waals surface area contributed by atoms with E-state index in [1.165, 1.54) is 12.1 Å². The van der Waals surface area contributed by atoms with Crippen molar-refractivity contribution in [3.8, 4) is 5.75 Å². The van der Waals surface area contributed by atoms with Crippen molar-refractivity contribution in [2.75, 3.05) is 6.54 Å². The monoisotopic (exact) mass is 250 g/mol. The second-order valence-corrected chi connectivity index (χ2v) is 4.89. The molecule has 2 atom stereocenters. The fourth-order valence-corrected chi connectivity index (χ4v) is 2.22. The number of halogens is 1. The lowest BCUT2D eigenvalue weighted by Crippen LogP contribution is -2.33. The Morgan fingerprint density at radius 1 is 1.67 bits per heavy atom. The standard InChI is InChI=1S/C12H15FN4O/c1-7(14)10-4-9(13)3-8-5-12(2,6-16-17-15)18-11(8)10/h3-4,7H,5-6,14H2,1-2H3/t7-,12-/m1/s1. The summed E-state index contributed by atoms with van der Waals surface area (Å²) in [6, 6.07) is 2.53. The number of hydrogen-bond acceptors (Lipinski definition) is 3. The van der Waals surface area contributed by atoms with Gasteiger partial charge in [0, 0.05) is 28.5 Å². The number of benzene rings is 1. The Labute approximate surface area is 104 Å². The molecule has 5 nitrogen and oxygen atoms in total. The fourth-order valence-electron chi connectivity index (χ4n) is 2.22. The third-order valence-corrected chi connectivity index (χ3v) is 3.03. The highest BCUT2D eigenvalue weighted by atomic mass is 19.1. The second kappa shape index (κ2) is 4.48. The number of nitrogens with two attached hydrogens (primary N) is 1. The number of hydrogen-bond donors (Lipinski definition) is 1. The van der Waals surface area contributed by atoms with Gasteiger partial charge in [-0.05, 0) is 31.5 Å². The summed E-state index contributed by atoms with van der Waals surface area (Å²) in [5.74, 6) is 0.305. The molecule has 96 valence electrons. The summed E-state index contributed by atoms with van der Waals surface area (Å²) in [5, 5.41) is 3.54. The van der Waals surface area contributed by atoms with Gasteiger partial charge in [-0.3, -0.25) is 0 Å². The van der Waals surface area contributed by atoms with Crippen LogP contribution in [0.5, 0.6) is 5.75 Å². The third kappa shape index (κ3) is 2.25. The first-order valence-electron chi connectivity index (χ1n) is 5.73. The molecule has 2 rings (SSSR count). The molecule has 2 N–H and O–H groups in total. The van der Waals surface area contributed by atoms with Gasteiger partial charge in [0.15, 0.2) is 0 Å². The molecule has 0 saturated carbocycles. The van der Waals surface area contributed by atoms with Crippen LogP contribution in [0.3, 0.4) is 0 Å². The zero-order valence-corrected chi connectivity index (χ0v) is 10.4. The molecule has 0 fully saturated rings. The van der Waals surface area contributed by atoms with Crippen molar-refractivity contribution in [3.63, 3.8) is 0 Å². The molecule has 0 saturated heterocycles. The van der Waals surface area contributed by atoms with Crippen LogP contribution < -0.4 is 10.5 Å². The Morgan fingerprint density at radius 3 is 3.00 bits per heavy atom. The molecule has 0 unspecified atom stereocenters. The molecule has 0 radical (unpaired) electrons. The van der Waals surface area contributed by atoms with Gasteiger partial charge in [-0.1, -0.05) is 5.11 Å². The van der Waals surface area contributed by atoms with Crippen LogP contribution in [0, 0.1) is 5.82 Å². The van der Waals surface area contributed by atoms with Crippen LogP contribution >= 0.6 is 0 Å². The van der Waals surface area contributed by atoms with Gasteiger partial charge in [-0.2, -0.15) is 0 Å². The quantitative estimate of drug-likeness (QED) is 0.508. The SMILES string of the molecule is C[C@@H](N)c1cc(F)cc2c1O[C@@](C)(CN=[N+]=[N-])C2. The van der Waals surface area contributed by atoms with Crippen LogP contribution in [0.1, 0.15) is 31.0 Å². The van der Waals surface area contributed by atoms with Crippen molar-refractivity contribution >= 4 is 0 Å². The van der Waals surface area contributed by atoms with E-state index in [1.807, 2.05) is 6.92 Å². The molecule has 1 aromatic carbocycles. The van der Waals surface area contributed by atoms with Crippen molar-refractivity contribution < 1.29 is 9.13 Å². The van der Waals surface area contributed by atoms with Gasteiger partial charge in [0.2, 0.25) is 0 Å². The first-order chi connectivity index (χ1) is 8.45. The minimum Gasteiger partial charge on any atom is -0.486 e. The van der Waals surface area contributed by atoms with Gasteiger partial charge < -0.3 is 10.5 Å². The molecular formula is C12H15FN4O. The van der Waals surface area contributed by atoms with E-state index in [0.29, 0.717) is 17.7 Å². The molecule has 1 aliphatic heterocycles. The molecule has 0 aliphatic carbocycles. The first-order valence-corrected chi connectivity index (χ1v) is 5.73. The Kier molecular flexibility index (Phi) is 3.15. The molecule has 0 aromatic heterocycles. The Morgan fingerprint density at radius 2 is 2.39 bits per heavy atom. The van der Waals surface area contributed by atoms with Crippen LogP contribution in [0.4, 0.5) is 4.39 Å². The average molecular weight is 250 g/mol. The fraction of sp³-hybridized carbons (Fsp3) is 0.500. The van der Waals surface area contributed by atoms with Gasteiger partial charge in [0.05, 0.1) is 6.54 Å². The number of azide groups is 1. The normalized spacial score (nSPS) is 22.9. The van der Waals surface area contributed by atoms with E-state index in [9.17, 15) is 4.39 Å². The summed E-state index contributed by atoms with van der Waals surface area (Å²) >= 11 is 0. The van der Waals surface area contributed by atoms with E-state index in [1.54, 1.807) is 6.92 Å². The summed E-state index contributed by atoms with van der Waals surface area (Å²) in [6.07, 6.45) is 0.513. The Balaban J connectivity index is 2.39. The maximum absolute atomic E-state index is 13.5. The minimum absolute atomic E-state index is 0.207. The summed E-state index contributed by atoms with van der Waals surface area (Å²) in [4.78, 5) is 2.73. The van der Waals surface area contributed by atoms with E-state index >= 15 is 0 Å². The van der Waals surface area contributed by atoms with E-state index in [0.717, 1.165) is 5.56 Å². The van der Waals surface area contributed by atoms with Crippen molar-refractivity contribution in [2.24, 2.45) is 10.8 Å². The number of rotatable bonds is 3. The molecule has 1 aliphatic rings. The van der Waals surface area contributed by atoms with Crippen LogP contribution in [0.25, 0.3) is 10.4 Å². The van der Waals surface area contributed by atoms with Gasteiger partial charge in [-0.25, -0.2) is 4.39 Å². The third-order valence-electron chi connectivity index (χ3n) is 3.03. The van der Waals surface area contributed by atoms with Gasteiger partial charge >= 0.3 is 0 Å². The summed E-state index contributed by atoms with van der Waals surface area (Å²) in [7, 11) is 0. The van der Waals surface area contributed by atoms with E-state index < -0.39 is 5.60 Å². The first kappa shape index (κ1) is 12.7. The van der Waals surface area contributed by atoms with Crippen molar-refractivity contribution in [1.82, 2.24) is 0 Å². The van der Waals surface area contributed by atoms with E-state index in [-0.39, 0.29) is 18.4 Å². The molecule has 18 heavy (non-hydrogen) atoms. The Hall–Kier alpha value is -1.78. The van der Waals surface area contributed by atoms with Crippen molar-refractivity contribution in [1.29, 1.82) is 0 Å². The second-order valence-electron chi connectivity index (χ2n) is 4.89. The molecular weight excluding hydrogens is 235 g/mol. The lowest BCUT2D eigenvalue weighted by atomic mass is 9.97. The van der Waals surface area contributed by atoms with Gasteiger partial charge in [0.1, 0.15) is 17.2 Å². The smallest absolute Gasteiger partial charge is 0.128 e. The number of nitrogens with zero attached hydrogens (tertiary/aromatic N) is 3. The largest absolute Gasteiger partial charge is 0.486 e. The summed E-state index contributed by atoms with van der Waals surface area (Å²) in [6.45, 7) is 3.82. The highest BCUT2D eigenvalue weighted by molar-refractivity contribution is 5.47. The summed E-state index contributed by atoms with van der Waals surface area (Å²) < 4.78 is 19.3. The van der Waals surface area contributed by atoms with E-state index in [4.69, 9.17) is 16.0 Å². The van der Waals surface area contributed by atoms with Crippen molar-refractivity contribution in [2.45, 2.75) is 31.9 Å². The maximum atomic E-state index is 13.5. The molecule has 0 amide bonds. The average Bonchev–Trinajstić information content (AvgIpc) is 2.62. The Bertz CT molecular complexity index is 525. The highest BCUT2D eigenvalue weighted by Gasteiger charge is 2.36. The van der Waals surface area contributed by atoms with E-state index in [2.05, 4.69) is 10.0 Å².